The molecule has 0 aliphatic carbocycles. The van der Waals surface area contributed by atoms with E-state index in [-0.39, 0.29) is 0 Å². The SMILES string of the molecule is N#Cc1cc(Oc2cccc3c2NCCC3)ccn1. The Bertz CT molecular complexity index is 646. The summed E-state index contributed by atoms with van der Waals surface area (Å²) in [5.41, 5.74) is 2.69. The largest absolute Gasteiger partial charge is 0.455 e. The highest BCUT2D eigenvalue weighted by molar-refractivity contribution is 5.64. The van der Waals surface area contributed by atoms with Crippen molar-refractivity contribution in [1.29, 1.82) is 5.26 Å². The van der Waals surface area contributed by atoms with E-state index >= 15 is 0 Å². The zero-order valence-corrected chi connectivity index (χ0v) is 10.4. The van der Waals surface area contributed by atoms with Crippen LogP contribution in [-0.4, -0.2) is 11.5 Å². The first-order valence-corrected chi connectivity index (χ1v) is 6.26. The van der Waals surface area contributed by atoms with E-state index in [4.69, 9.17) is 10.00 Å². The molecular formula is C15H13N3O. The Morgan fingerprint density at radius 2 is 2.26 bits per heavy atom. The van der Waals surface area contributed by atoms with Crippen LogP contribution in [0.2, 0.25) is 0 Å². The predicted molar refractivity (Wildman–Crippen MR) is 72.3 cm³/mol. The minimum atomic E-state index is 0.357. The summed E-state index contributed by atoms with van der Waals surface area (Å²) in [6.45, 7) is 0.965. The van der Waals surface area contributed by atoms with Gasteiger partial charge in [0.2, 0.25) is 0 Å². The fraction of sp³-hybridized carbons (Fsp3) is 0.200. The van der Waals surface area contributed by atoms with E-state index in [9.17, 15) is 0 Å². The molecule has 0 atom stereocenters. The van der Waals surface area contributed by atoms with E-state index < -0.39 is 0 Å². The van der Waals surface area contributed by atoms with Gasteiger partial charge in [0, 0.05) is 18.8 Å². The number of hydrogen-bond acceptors (Lipinski definition) is 4. The van der Waals surface area contributed by atoms with Crippen molar-refractivity contribution in [2.75, 3.05) is 11.9 Å². The van der Waals surface area contributed by atoms with Gasteiger partial charge in [-0.3, -0.25) is 0 Å². The second kappa shape index (κ2) is 4.99. The van der Waals surface area contributed by atoms with E-state index in [1.807, 2.05) is 18.2 Å². The number of anilines is 1. The highest BCUT2D eigenvalue weighted by Gasteiger charge is 2.13. The molecule has 94 valence electrons. The molecular weight excluding hydrogens is 238 g/mol. The summed E-state index contributed by atoms with van der Waals surface area (Å²) in [6.07, 6.45) is 3.79. The van der Waals surface area contributed by atoms with Gasteiger partial charge in [0.05, 0.1) is 5.69 Å². The van der Waals surface area contributed by atoms with E-state index in [1.54, 1.807) is 18.3 Å². The van der Waals surface area contributed by atoms with Gasteiger partial charge in [-0.05, 0) is 30.5 Å². The summed E-state index contributed by atoms with van der Waals surface area (Å²) < 4.78 is 5.87. The molecule has 0 spiro atoms. The maximum Gasteiger partial charge on any atom is 0.150 e. The Balaban J connectivity index is 1.93. The van der Waals surface area contributed by atoms with Gasteiger partial charge in [-0.15, -0.1) is 0 Å². The van der Waals surface area contributed by atoms with Crippen molar-refractivity contribution in [3.05, 3.63) is 47.8 Å². The number of benzene rings is 1. The van der Waals surface area contributed by atoms with Crippen LogP contribution in [0.4, 0.5) is 5.69 Å². The van der Waals surface area contributed by atoms with Crippen LogP contribution in [0.5, 0.6) is 11.5 Å². The van der Waals surface area contributed by atoms with Gasteiger partial charge in [-0.1, -0.05) is 12.1 Å². The smallest absolute Gasteiger partial charge is 0.150 e. The molecule has 3 rings (SSSR count). The number of nitrogens with zero attached hydrogens (tertiary/aromatic N) is 2. The standard InChI is InChI=1S/C15H13N3O/c16-10-12-9-13(6-8-17-12)19-14-5-1-3-11-4-2-7-18-15(11)14/h1,3,5-6,8-9,18H,2,4,7H2. The first kappa shape index (κ1) is 11.5. The van der Waals surface area contributed by atoms with Crippen LogP contribution in [0.1, 0.15) is 17.7 Å². The molecule has 0 saturated carbocycles. The summed E-state index contributed by atoms with van der Waals surface area (Å²) in [5.74, 6) is 1.43. The number of nitriles is 1. The van der Waals surface area contributed by atoms with Crippen LogP contribution in [0.25, 0.3) is 0 Å². The molecule has 0 radical (unpaired) electrons. The first-order chi connectivity index (χ1) is 9.36. The van der Waals surface area contributed by atoms with Crippen LogP contribution >= 0.6 is 0 Å². The van der Waals surface area contributed by atoms with Crippen LogP contribution in [0.15, 0.2) is 36.5 Å². The molecule has 0 bridgehead atoms. The number of pyridine rings is 1. The van der Waals surface area contributed by atoms with Gasteiger partial charge in [-0.25, -0.2) is 4.98 Å². The minimum Gasteiger partial charge on any atom is -0.455 e. The Kier molecular flexibility index (Phi) is 3.03. The summed E-state index contributed by atoms with van der Waals surface area (Å²) in [6, 6.07) is 11.4. The zero-order chi connectivity index (χ0) is 13.1. The third-order valence-corrected chi connectivity index (χ3v) is 3.11. The number of ether oxygens (including phenoxy) is 1. The molecule has 0 unspecified atom stereocenters. The monoisotopic (exact) mass is 251 g/mol. The molecule has 1 aliphatic rings. The topological polar surface area (TPSA) is 57.9 Å². The third-order valence-electron chi connectivity index (χ3n) is 3.11. The molecule has 2 aromatic rings. The average Bonchev–Trinajstić information content (AvgIpc) is 2.48. The molecule has 1 N–H and O–H groups in total. The zero-order valence-electron chi connectivity index (χ0n) is 10.4. The lowest BCUT2D eigenvalue weighted by Crippen LogP contribution is -2.12. The van der Waals surface area contributed by atoms with Crippen molar-refractivity contribution >= 4 is 5.69 Å². The number of nitrogens with one attached hydrogen (secondary N) is 1. The van der Waals surface area contributed by atoms with Crippen molar-refractivity contribution in [3.8, 4) is 17.6 Å². The fourth-order valence-corrected chi connectivity index (χ4v) is 2.23. The van der Waals surface area contributed by atoms with Crippen molar-refractivity contribution in [1.82, 2.24) is 4.98 Å². The van der Waals surface area contributed by atoms with Gasteiger partial charge in [0.25, 0.3) is 0 Å². The van der Waals surface area contributed by atoms with Crippen molar-refractivity contribution in [3.63, 3.8) is 0 Å². The Labute approximate surface area is 111 Å². The quantitative estimate of drug-likeness (QED) is 0.891. The van der Waals surface area contributed by atoms with Crippen molar-refractivity contribution in [2.45, 2.75) is 12.8 Å². The van der Waals surface area contributed by atoms with Crippen LogP contribution in [-0.2, 0) is 6.42 Å². The molecule has 2 heterocycles. The fourth-order valence-electron chi connectivity index (χ4n) is 2.23. The molecule has 4 heteroatoms. The van der Waals surface area contributed by atoms with Crippen molar-refractivity contribution in [2.24, 2.45) is 0 Å². The minimum absolute atomic E-state index is 0.357. The maximum absolute atomic E-state index is 8.84. The maximum atomic E-state index is 8.84. The molecule has 1 aromatic carbocycles. The molecule has 19 heavy (non-hydrogen) atoms. The lowest BCUT2D eigenvalue weighted by Gasteiger charge is -2.21. The first-order valence-electron chi connectivity index (χ1n) is 6.26. The predicted octanol–water partition coefficient (Wildman–Crippen LogP) is 3.10. The molecule has 1 aliphatic heterocycles. The van der Waals surface area contributed by atoms with E-state index in [0.29, 0.717) is 11.4 Å². The number of hydrogen-bond donors (Lipinski definition) is 1. The van der Waals surface area contributed by atoms with Gasteiger partial charge < -0.3 is 10.1 Å². The lowest BCUT2D eigenvalue weighted by molar-refractivity contribution is 0.482. The number of para-hydroxylation sites is 1. The van der Waals surface area contributed by atoms with Crippen LogP contribution < -0.4 is 10.1 Å². The molecule has 0 amide bonds. The van der Waals surface area contributed by atoms with Crippen LogP contribution in [0.3, 0.4) is 0 Å². The molecule has 4 nitrogen and oxygen atoms in total. The van der Waals surface area contributed by atoms with E-state index in [0.717, 1.165) is 30.8 Å². The van der Waals surface area contributed by atoms with E-state index in [2.05, 4.69) is 16.4 Å². The van der Waals surface area contributed by atoms with Gasteiger partial charge >= 0.3 is 0 Å². The highest BCUT2D eigenvalue weighted by atomic mass is 16.5. The number of fused-ring (bicyclic) bond motifs is 1. The Morgan fingerprint density at radius 3 is 3.16 bits per heavy atom. The highest BCUT2D eigenvalue weighted by Crippen LogP contribution is 2.34. The molecule has 0 saturated heterocycles. The van der Waals surface area contributed by atoms with Gasteiger partial charge in [-0.2, -0.15) is 5.26 Å². The van der Waals surface area contributed by atoms with Gasteiger partial charge in [0.15, 0.2) is 5.75 Å². The summed E-state index contributed by atoms with van der Waals surface area (Å²) in [4.78, 5) is 3.93. The second-order valence-electron chi connectivity index (χ2n) is 4.41. The summed E-state index contributed by atoms with van der Waals surface area (Å²) in [5, 5.41) is 12.2. The molecule has 1 aromatic heterocycles. The Morgan fingerprint density at radius 1 is 1.32 bits per heavy atom. The summed E-state index contributed by atoms with van der Waals surface area (Å²) >= 11 is 0. The third kappa shape index (κ3) is 2.36. The Hall–Kier alpha value is -2.54. The number of aromatic nitrogens is 1. The number of rotatable bonds is 2. The average molecular weight is 251 g/mol. The van der Waals surface area contributed by atoms with Gasteiger partial charge in [0.1, 0.15) is 17.5 Å². The van der Waals surface area contributed by atoms with Crippen molar-refractivity contribution < 1.29 is 4.74 Å². The normalized spacial score (nSPS) is 13.0. The molecule has 0 fully saturated rings. The van der Waals surface area contributed by atoms with E-state index in [1.165, 1.54) is 5.56 Å². The second-order valence-corrected chi connectivity index (χ2v) is 4.41. The van der Waals surface area contributed by atoms with Crippen LogP contribution in [0, 0.1) is 11.3 Å². The lowest BCUT2D eigenvalue weighted by atomic mass is 10.0. The number of aryl methyl sites for hydroxylation is 1. The summed E-state index contributed by atoms with van der Waals surface area (Å²) in [7, 11) is 0.